The lowest BCUT2D eigenvalue weighted by atomic mass is 10.1. The van der Waals surface area contributed by atoms with Crippen LogP contribution in [0.25, 0.3) is 0 Å². The van der Waals surface area contributed by atoms with Crippen molar-refractivity contribution in [2.24, 2.45) is 0 Å². The van der Waals surface area contributed by atoms with Crippen LogP contribution >= 0.6 is 23.2 Å². The average molecular weight is 346 g/mol. The first-order chi connectivity index (χ1) is 9.79. The zero-order valence-electron chi connectivity index (χ0n) is 11.0. The number of hydrogen-bond donors (Lipinski definition) is 2. The zero-order valence-corrected chi connectivity index (χ0v) is 13.4. The fraction of sp³-hybridized carbons (Fsp3) is 0.143. The molecule has 2 aromatic rings. The van der Waals surface area contributed by atoms with Crippen molar-refractivity contribution >= 4 is 38.9 Å². The maximum Gasteiger partial charge on any atom is 0.261 e. The van der Waals surface area contributed by atoms with E-state index in [-0.39, 0.29) is 9.92 Å². The molecule has 0 aliphatic rings. The second-order valence-electron chi connectivity index (χ2n) is 4.48. The van der Waals surface area contributed by atoms with Gasteiger partial charge in [-0.1, -0.05) is 35.3 Å². The summed E-state index contributed by atoms with van der Waals surface area (Å²) in [5.41, 5.74) is 0.965. The molecule has 0 saturated heterocycles. The van der Waals surface area contributed by atoms with Crippen molar-refractivity contribution in [2.75, 3.05) is 4.72 Å². The Morgan fingerprint density at radius 1 is 1.05 bits per heavy atom. The van der Waals surface area contributed by atoms with Crippen LogP contribution in [-0.4, -0.2) is 13.5 Å². The Labute approximate surface area is 133 Å². The van der Waals surface area contributed by atoms with E-state index in [1.54, 1.807) is 19.1 Å². The Morgan fingerprint density at radius 2 is 1.67 bits per heavy atom. The van der Waals surface area contributed by atoms with Gasteiger partial charge in [0.2, 0.25) is 0 Å². The minimum Gasteiger partial charge on any atom is -0.389 e. The third-order valence-electron chi connectivity index (χ3n) is 2.84. The van der Waals surface area contributed by atoms with E-state index in [2.05, 4.69) is 4.72 Å². The topological polar surface area (TPSA) is 66.4 Å². The summed E-state index contributed by atoms with van der Waals surface area (Å²) in [5, 5.41) is 10.0. The molecule has 0 fully saturated rings. The van der Waals surface area contributed by atoms with Gasteiger partial charge in [-0.15, -0.1) is 0 Å². The van der Waals surface area contributed by atoms with Crippen molar-refractivity contribution in [1.29, 1.82) is 0 Å². The highest BCUT2D eigenvalue weighted by Crippen LogP contribution is 2.26. The van der Waals surface area contributed by atoms with Crippen LogP contribution < -0.4 is 4.72 Å². The number of sulfonamides is 1. The van der Waals surface area contributed by atoms with Crippen molar-refractivity contribution in [3.05, 3.63) is 58.1 Å². The van der Waals surface area contributed by atoms with Crippen molar-refractivity contribution < 1.29 is 13.5 Å². The van der Waals surface area contributed by atoms with Crippen molar-refractivity contribution in [3.63, 3.8) is 0 Å². The Bertz CT molecular complexity index is 743. The lowest BCUT2D eigenvalue weighted by Crippen LogP contribution is -2.13. The molecule has 1 atom stereocenters. The molecule has 7 heteroatoms. The predicted molar refractivity (Wildman–Crippen MR) is 84.3 cm³/mol. The summed E-state index contributed by atoms with van der Waals surface area (Å²) in [6.45, 7) is 1.61. The van der Waals surface area contributed by atoms with Crippen molar-refractivity contribution in [2.45, 2.75) is 17.9 Å². The number of benzene rings is 2. The number of aliphatic hydroxyl groups excluding tert-OH is 1. The molecule has 4 nitrogen and oxygen atoms in total. The molecule has 21 heavy (non-hydrogen) atoms. The van der Waals surface area contributed by atoms with E-state index in [4.69, 9.17) is 23.2 Å². The van der Waals surface area contributed by atoms with E-state index >= 15 is 0 Å². The van der Waals surface area contributed by atoms with E-state index in [1.807, 2.05) is 0 Å². The normalized spacial score (nSPS) is 13.0. The third kappa shape index (κ3) is 3.89. The second-order valence-corrected chi connectivity index (χ2v) is 6.98. The van der Waals surface area contributed by atoms with Crippen LogP contribution in [0, 0.1) is 0 Å². The molecule has 0 aliphatic heterocycles. The van der Waals surface area contributed by atoms with E-state index in [0.29, 0.717) is 16.3 Å². The van der Waals surface area contributed by atoms with Crippen molar-refractivity contribution in [3.8, 4) is 0 Å². The number of halogens is 2. The maximum absolute atomic E-state index is 12.2. The molecule has 2 aromatic carbocycles. The Balaban J connectivity index is 2.27. The molecule has 2 N–H and O–H groups in total. The van der Waals surface area contributed by atoms with Gasteiger partial charge in [0.1, 0.15) is 0 Å². The largest absolute Gasteiger partial charge is 0.389 e. The molecule has 112 valence electrons. The van der Waals surface area contributed by atoms with Gasteiger partial charge in [0.15, 0.2) is 0 Å². The lowest BCUT2D eigenvalue weighted by Gasteiger charge is -2.10. The molecule has 0 amide bonds. The number of nitrogens with one attached hydrogen (secondary N) is 1. The number of hydrogen-bond acceptors (Lipinski definition) is 3. The van der Waals surface area contributed by atoms with Gasteiger partial charge in [0, 0.05) is 0 Å². The summed E-state index contributed by atoms with van der Waals surface area (Å²) in [6.07, 6.45) is -0.648. The molecule has 0 aromatic heterocycles. The molecular weight excluding hydrogens is 333 g/mol. The molecule has 0 heterocycles. The third-order valence-corrected chi connectivity index (χ3v) is 4.98. The van der Waals surface area contributed by atoms with Gasteiger partial charge in [0.25, 0.3) is 10.0 Å². The Morgan fingerprint density at radius 3 is 2.19 bits per heavy atom. The predicted octanol–water partition coefficient (Wildman–Crippen LogP) is 3.85. The van der Waals surface area contributed by atoms with Crippen LogP contribution in [-0.2, 0) is 10.0 Å². The number of rotatable bonds is 4. The van der Waals surface area contributed by atoms with E-state index in [0.717, 1.165) is 0 Å². The molecule has 2 rings (SSSR count). The lowest BCUT2D eigenvalue weighted by molar-refractivity contribution is 0.199. The highest BCUT2D eigenvalue weighted by Gasteiger charge is 2.15. The first-order valence-corrected chi connectivity index (χ1v) is 8.29. The zero-order chi connectivity index (χ0) is 15.6. The smallest absolute Gasteiger partial charge is 0.261 e. The van der Waals surface area contributed by atoms with E-state index in [1.165, 1.54) is 30.3 Å². The van der Waals surface area contributed by atoms with Gasteiger partial charge in [-0.3, -0.25) is 4.72 Å². The standard InChI is InChI=1S/C14H13Cl2NO3S/c1-9(18)10-2-5-12(6-3-10)21(19,20)17-11-4-7-13(15)14(16)8-11/h2-9,17-18H,1H3. The van der Waals surface area contributed by atoms with Crippen LogP contribution in [0.3, 0.4) is 0 Å². The van der Waals surface area contributed by atoms with Crippen molar-refractivity contribution in [1.82, 2.24) is 0 Å². The van der Waals surface area contributed by atoms with Crippen LogP contribution in [0.1, 0.15) is 18.6 Å². The van der Waals surface area contributed by atoms with Crippen LogP contribution in [0.2, 0.25) is 10.0 Å². The summed E-state index contributed by atoms with van der Waals surface area (Å²) >= 11 is 11.6. The van der Waals surface area contributed by atoms with Crippen LogP contribution in [0.15, 0.2) is 47.4 Å². The molecule has 0 aliphatic carbocycles. The number of anilines is 1. The summed E-state index contributed by atoms with van der Waals surface area (Å²) in [4.78, 5) is 0.0953. The van der Waals surface area contributed by atoms with Crippen LogP contribution in [0.4, 0.5) is 5.69 Å². The Kier molecular flexibility index (Phi) is 4.78. The van der Waals surface area contributed by atoms with Crippen LogP contribution in [0.5, 0.6) is 0 Å². The highest BCUT2D eigenvalue weighted by atomic mass is 35.5. The molecule has 0 radical (unpaired) electrons. The Hall–Kier alpha value is -1.27. The van der Waals surface area contributed by atoms with Gasteiger partial charge in [-0.05, 0) is 42.8 Å². The summed E-state index contributed by atoms with van der Waals surface area (Å²) in [5.74, 6) is 0. The van der Waals surface area contributed by atoms with Gasteiger partial charge in [-0.25, -0.2) is 8.42 Å². The van der Waals surface area contributed by atoms with E-state index < -0.39 is 16.1 Å². The summed E-state index contributed by atoms with van der Waals surface area (Å²) in [7, 11) is -3.72. The average Bonchev–Trinajstić information content (AvgIpc) is 2.43. The highest BCUT2D eigenvalue weighted by molar-refractivity contribution is 7.92. The quantitative estimate of drug-likeness (QED) is 0.884. The second kappa shape index (κ2) is 6.23. The first-order valence-electron chi connectivity index (χ1n) is 6.05. The molecule has 0 bridgehead atoms. The first kappa shape index (κ1) is 16.1. The SMILES string of the molecule is CC(O)c1ccc(S(=O)(=O)Nc2ccc(Cl)c(Cl)c2)cc1. The van der Waals surface area contributed by atoms with E-state index in [9.17, 15) is 13.5 Å². The minimum absolute atomic E-state index is 0.0953. The fourth-order valence-electron chi connectivity index (χ4n) is 1.70. The fourth-order valence-corrected chi connectivity index (χ4v) is 3.05. The van der Waals surface area contributed by atoms with Gasteiger partial charge >= 0.3 is 0 Å². The van der Waals surface area contributed by atoms with Gasteiger partial charge < -0.3 is 5.11 Å². The monoisotopic (exact) mass is 345 g/mol. The molecule has 0 saturated carbocycles. The summed E-state index contributed by atoms with van der Waals surface area (Å²) in [6, 6.07) is 10.5. The number of aliphatic hydroxyl groups is 1. The maximum atomic E-state index is 12.2. The summed E-state index contributed by atoms with van der Waals surface area (Å²) < 4.78 is 26.9. The minimum atomic E-state index is -3.72. The molecule has 1 unspecified atom stereocenters. The van der Waals surface area contributed by atoms with Gasteiger partial charge in [0.05, 0.1) is 26.7 Å². The van der Waals surface area contributed by atoms with Gasteiger partial charge in [-0.2, -0.15) is 0 Å². The molecular formula is C14H13Cl2NO3S. The molecule has 0 spiro atoms.